The molecule has 0 bridgehead atoms. The predicted molar refractivity (Wildman–Crippen MR) is 184 cm³/mol. The van der Waals surface area contributed by atoms with Gasteiger partial charge in [-0.05, 0) is 78.6 Å². The second-order valence-electron chi connectivity index (χ2n) is 11.2. The Balaban J connectivity index is 1.24. The Morgan fingerprint density at radius 1 is 0.705 bits per heavy atom. The first-order valence-corrected chi connectivity index (χ1v) is 14.9. The summed E-state index contributed by atoms with van der Waals surface area (Å²) in [7, 11) is 0. The second-order valence-corrected chi connectivity index (χ2v) is 11.2. The van der Waals surface area contributed by atoms with Crippen molar-refractivity contribution < 1.29 is 0 Å². The molecule has 0 unspecified atom stereocenters. The molecule has 0 spiro atoms. The molecule has 0 radical (unpaired) electrons. The minimum atomic E-state index is -0.00583. The molecule has 210 valence electrons. The lowest BCUT2D eigenvalue weighted by Crippen LogP contribution is -2.16. The number of para-hydroxylation sites is 2. The highest BCUT2D eigenvalue weighted by atomic mass is 16.1. The molecule has 44 heavy (non-hydrogen) atoms. The van der Waals surface area contributed by atoms with E-state index < -0.39 is 0 Å². The van der Waals surface area contributed by atoms with Crippen molar-refractivity contribution in [3.63, 3.8) is 0 Å². The third-order valence-electron chi connectivity index (χ3n) is 8.69. The average molecular weight is 568 g/mol. The van der Waals surface area contributed by atoms with E-state index in [1.165, 1.54) is 5.56 Å². The number of fused-ring (bicyclic) bond motifs is 5. The van der Waals surface area contributed by atoms with E-state index >= 15 is 0 Å². The van der Waals surface area contributed by atoms with Gasteiger partial charge in [0.1, 0.15) is 0 Å². The lowest BCUT2D eigenvalue weighted by molar-refractivity contribution is 1.20. The van der Waals surface area contributed by atoms with Crippen LogP contribution in [0.4, 0.5) is 11.4 Å². The van der Waals surface area contributed by atoms with Crippen LogP contribution in [-0.4, -0.2) is 9.38 Å². The highest BCUT2D eigenvalue weighted by Gasteiger charge is 2.19. The van der Waals surface area contributed by atoms with Crippen molar-refractivity contribution in [3.05, 3.63) is 161 Å². The van der Waals surface area contributed by atoms with Crippen molar-refractivity contribution >= 4 is 55.2 Å². The van der Waals surface area contributed by atoms with Crippen LogP contribution in [0.5, 0.6) is 0 Å². The Labute approximate surface area is 255 Å². The van der Waals surface area contributed by atoms with Gasteiger partial charge in [-0.25, -0.2) is 0 Å². The van der Waals surface area contributed by atoms with E-state index in [4.69, 9.17) is 4.98 Å². The molecule has 0 aliphatic heterocycles. The van der Waals surface area contributed by atoms with E-state index in [1.54, 1.807) is 0 Å². The molecule has 0 atom stereocenters. The van der Waals surface area contributed by atoms with Crippen molar-refractivity contribution in [1.82, 2.24) is 9.38 Å². The van der Waals surface area contributed by atoms with Crippen LogP contribution in [0, 0.1) is 6.92 Å². The fourth-order valence-corrected chi connectivity index (χ4v) is 6.61. The maximum absolute atomic E-state index is 13.7. The standard InChI is InChI=1S/C40H29N3O/c1-3-35(42(30-12-5-4-6-13-30)36-16-10-7-11-26(36)2)28-19-17-27(18-20-28)29-21-22-37-34(25-29)32-23-24-41-38-31-14-8-9-15-33(31)40(44)43(37)39(32)38/h3-25H,1-2H3/b35-3+. The Hall–Kier alpha value is -5.74. The van der Waals surface area contributed by atoms with Crippen molar-refractivity contribution in [2.45, 2.75) is 13.8 Å². The van der Waals surface area contributed by atoms with E-state index in [0.717, 1.165) is 66.5 Å². The molecule has 3 aromatic heterocycles. The van der Waals surface area contributed by atoms with Gasteiger partial charge >= 0.3 is 0 Å². The van der Waals surface area contributed by atoms with Gasteiger partial charge in [-0.3, -0.25) is 14.2 Å². The van der Waals surface area contributed by atoms with Crippen LogP contribution in [0.3, 0.4) is 0 Å². The predicted octanol–water partition coefficient (Wildman–Crippen LogP) is 9.77. The molecule has 0 aliphatic carbocycles. The smallest absolute Gasteiger partial charge is 0.263 e. The Morgan fingerprint density at radius 3 is 2.18 bits per heavy atom. The number of hydrogen-bond acceptors (Lipinski definition) is 3. The molecule has 0 saturated heterocycles. The number of aryl methyl sites for hydroxylation is 1. The fraction of sp³-hybridized carbons (Fsp3) is 0.0500. The number of pyridine rings is 2. The van der Waals surface area contributed by atoms with Crippen molar-refractivity contribution in [3.8, 4) is 11.1 Å². The molecule has 5 aromatic carbocycles. The maximum atomic E-state index is 13.7. The Morgan fingerprint density at radius 2 is 1.41 bits per heavy atom. The molecule has 0 fully saturated rings. The molecule has 0 aliphatic rings. The first-order valence-electron chi connectivity index (χ1n) is 14.9. The van der Waals surface area contributed by atoms with E-state index in [9.17, 15) is 4.79 Å². The van der Waals surface area contributed by atoms with Crippen LogP contribution in [0.25, 0.3) is 54.9 Å². The van der Waals surface area contributed by atoms with Crippen molar-refractivity contribution in [2.24, 2.45) is 0 Å². The van der Waals surface area contributed by atoms with Crippen LogP contribution < -0.4 is 10.5 Å². The molecule has 0 amide bonds. The zero-order chi connectivity index (χ0) is 29.8. The number of anilines is 2. The minimum Gasteiger partial charge on any atom is -0.310 e. The number of nitrogens with zero attached hydrogens (tertiary/aromatic N) is 3. The number of rotatable bonds is 5. The van der Waals surface area contributed by atoms with Crippen LogP contribution >= 0.6 is 0 Å². The van der Waals surface area contributed by atoms with E-state index in [2.05, 4.69) is 122 Å². The molecule has 8 aromatic rings. The molecular formula is C40H29N3O. The molecule has 4 heteroatoms. The summed E-state index contributed by atoms with van der Waals surface area (Å²) in [5.74, 6) is 0. The second kappa shape index (κ2) is 10.2. The lowest BCUT2D eigenvalue weighted by Gasteiger charge is -2.29. The number of allylic oxidation sites excluding steroid dienone is 1. The molecule has 8 rings (SSSR count). The molecular weight excluding hydrogens is 538 g/mol. The van der Waals surface area contributed by atoms with E-state index in [-0.39, 0.29) is 5.56 Å². The summed E-state index contributed by atoms with van der Waals surface area (Å²) in [5, 5.41) is 3.67. The van der Waals surface area contributed by atoms with Crippen molar-refractivity contribution in [1.29, 1.82) is 0 Å². The maximum Gasteiger partial charge on any atom is 0.263 e. The summed E-state index contributed by atoms with van der Waals surface area (Å²) in [5.41, 5.74) is 10.6. The summed E-state index contributed by atoms with van der Waals surface area (Å²) in [4.78, 5) is 20.7. The van der Waals surface area contributed by atoms with E-state index in [1.807, 2.05) is 40.9 Å². The van der Waals surface area contributed by atoms with Gasteiger partial charge in [0.25, 0.3) is 5.56 Å². The van der Waals surface area contributed by atoms with Gasteiger partial charge in [0.2, 0.25) is 0 Å². The van der Waals surface area contributed by atoms with Crippen LogP contribution in [0.15, 0.2) is 144 Å². The average Bonchev–Trinajstić information content (AvgIpc) is 3.42. The Kier molecular flexibility index (Phi) is 6.02. The summed E-state index contributed by atoms with van der Waals surface area (Å²) >= 11 is 0. The summed E-state index contributed by atoms with van der Waals surface area (Å²) < 4.78 is 1.84. The van der Waals surface area contributed by atoms with Crippen molar-refractivity contribution in [2.75, 3.05) is 4.90 Å². The van der Waals surface area contributed by atoms with Gasteiger partial charge in [-0.15, -0.1) is 0 Å². The zero-order valence-electron chi connectivity index (χ0n) is 24.5. The largest absolute Gasteiger partial charge is 0.310 e. The topological polar surface area (TPSA) is 37.6 Å². The third-order valence-corrected chi connectivity index (χ3v) is 8.69. The number of benzene rings is 5. The summed E-state index contributed by atoms with van der Waals surface area (Å²) in [6.07, 6.45) is 4.03. The summed E-state index contributed by atoms with van der Waals surface area (Å²) in [6.45, 7) is 4.25. The summed E-state index contributed by atoms with van der Waals surface area (Å²) in [6, 6.07) is 43.9. The SMILES string of the molecule is C/C=C(\c1ccc(-c2ccc3c(c2)c2ccnc4c5ccccc5c(=O)n3c24)cc1)N(c1ccccc1)c1ccccc1C. The fourth-order valence-electron chi connectivity index (χ4n) is 6.61. The first kappa shape index (κ1) is 25.9. The molecule has 3 heterocycles. The monoisotopic (exact) mass is 567 g/mol. The van der Waals surface area contributed by atoms with Gasteiger partial charge in [0.05, 0.1) is 16.6 Å². The lowest BCUT2D eigenvalue weighted by atomic mass is 9.99. The van der Waals surface area contributed by atoms with Crippen LogP contribution in [0.1, 0.15) is 18.1 Å². The zero-order valence-corrected chi connectivity index (χ0v) is 24.5. The normalized spacial score (nSPS) is 12.1. The van der Waals surface area contributed by atoms with Gasteiger partial charge < -0.3 is 4.90 Å². The van der Waals surface area contributed by atoms with Gasteiger partial charge in [-0.2, -0.15) is 0 Å². The number of hydrogen-bond donors (Lipinski definition) is 0. The van der Waals surface area contributed by atoms with E-state index in [0.29, 0.717) is 5.39 Å². The van der Waals surface area contributed by atoms with Crippen LogP contribution in [0.2, 0.25) is 0 Å². The highest BCUT2D eigenvalue weighted by Crippen LogP contribution is 2.38. The molecule has 4 nitrogen and oxygen atoms in total. The van der Waals surface area contributed by atoms with Gasteiger partial charge in [-0.1, -0.05) is 91.0 Å². The van der Waals surface area contributed by atoms with Gasteiger partial charge in [0, 0.05) is 44.8 Å². The molecule has 0 saturated carbocycles. The molecule has 0 N–H and O–H groups in total. The minimum absolute atomic E-state index is 0.00583. The Bertz CT molecular complexity index is 2420. The van der Waals surface area contributed by atoms with Gasteiger partial charge in [0.15, 0.2) is 0 Å². The van der Waals surface area contributed by atoms with Crippen LogP contribution in [-0.2, 0) is 0 Å². The first-order chi connectivity index (χ1) is 21.6. The highest BCUT2D eigenvalue weighted by molar-refractivity contribution is 6.19. The third kappa shape index (κ3) is 3.92. The number of aromatic nitrogens is 2. The quantitative estimate of drug-likeness (QED) is 0.194.